The quantitative estimate of drug-likeness (QED) is 0.0954. The Morgan fingerprint density at radius 1 is 0.977 bits per heavy atom. The number of amides is 2. The van der Waals surface area contributed by atoms with E-state index in [-0.39, 0.29) is 49.9 Å². The van der Waals surface area contributed by atoms with Gasteiger partial charge in [-0.05, 0) is 78.8 Å². The molecule has 10 heteroatoms. The van der Waals surface area contributed by atoms with Crippen molar-refractivity contribution in [1.82, 2.24) is 4.90 Å². The third-order valence-electron chi connectivity index (χ3n) is 8.95. The topological polar surface area (TPSA) is 145 Å². The van der Waals surface area contributed by atoms with Crippen LogP contribution in [0.3, 0.4) is 0 Å². The summed E-state index contributed by atoms with van der Waals surface area (Å²) >= 11 is 0. The Balaban J connectivity index is 1.37. The van der Waals surface area contributed by atoms with E-state index in [0.29, 0.717) is 43.2 Å². The molecule has 2 fully saturated rings. The van der Waals surface area contributed by atoms with Crippen LogP contribution in [0.2, 0.25) is 6.32 Å². The zero-order valence-corrected chi connectivity index (χ0v) is 24.1. The minimum Gasteiger partial charge on any atom is -0.507 e. The van der Waals surface area contributed by atoms with Crippen LogP contribution in [-0.4, -0.2) is 69.4 Å². The van der Waals surface area contributed by atoms with Gasteiger partial charge in [-0.3, -0.25) is 19.3 Å². The molecule has 4 atom stereocenters. The standard InChI is InChI=1S/C33H38BNO8/c36-20-24-18-25-31(33(41)35(32(25)40)16-8-2-5-13-29(38)39)26-19-34(42)43-28(30(24)26)15-14-22(21-9-3-1-4-10-21)17-23-11-6-7-12-27(23)37/h1,3-4,6-7,9-12,17,25-26,28,31,36-37,42H,2,5,8,13-16,18-20H2,(H,38,39)/b22-17-/t25-,26+,28-,31-/m1/s1. The van der Waals surface area contributed by atoms with Crippen molar-refractivity contribution in [3.8, 4) is 5.75 Å². The third kappa shape index (κ3) is 6.77. The maximum Gasteiger partial charge on any atom is 0.455 e. The number of fused-ring (bicyclic) bond motifs is 3. The monoisotopic (exact) mass is 587 g/mol. The molecule has 2 amide bonds. The van der Waals surface area contributed by atoms with Crippen LogP contribution in [0.4, 0.5) is 0 Å². The van der Waals surface area contributed by atoms with E-state index in [1.807, 2.05) is 48.5 Å². The number of phenols is 1. The highest BCUT2D eigenvalue weighted by atomic mass is 16.5. The van der Waals surface area contributed by atoms with Gasteiger partial charge in [0.2, 0.25) is 11.8 Å². The number of likely N-dealkylation sites (tertiary alicyclic amines) is 1. The van der Waals surface area contributed by atoms with Crippen molar-refractivity contribution < 1.29 is 39.4 Å². The van der Waals surface area contributed by atoms with Crippen molar-refractivity contribution in [2.45, 2.75) is 57.4 Å². The summed E-state index contributed by atoms with van der Waals surface area (Å²) in [6.45, 7) is -0.0260. The van der Waals surface area contributed by atoms with Crippen LogP contribution in [-0.2, 0) is 19.0 Å². The normalized spacial score (nSPS) is 23.9. The molecule has 4 N–H and O–H groups in total. The summed E-state index contributed by atoms with van der Waals surface area (Å²) in [5.41, 5.74) is 4.13. The predicted molar refractivity (Wildman–Crippen MR) is 161 cm³/mol. The van der Waals surface area contributed by atoms with E-state index < -0.39 is 36.9 Å². The van der Waals surface area contributed by atoms with Crippen molar-refractivity contribution in [3.63, 3.8) is 0 Å². The van der Waals surface area contributed by atoms with Gasteiger partial charge in [0.1, 0.15) is 5.75 Å². The fraction of sp³-hybridized carbons (Fsp3) is 0.424. The smallest absolute Gasteiger partial charge is 0.455 e. The average molecular weight is 587 g/mol. The van der Waals surface area contributed by atoms with Crippen LogP contribution in [0.5, 0.6) is 5.75 Å². The molecule has 9 nitrogen and oxygen atoms in total. The lowest BCUT2D eigenvalue weighted by atomic mass is 9.58. The van der Waals surface area contributed by atoms with E-state index in [9.17, 15) is 29.6 Å². The maximum absolute atomic E-state index is 13.6. The Kier molecular flexibility index (Phi) is 9.80. The molecule has 0 unspecified atom stereocenters. The Bertz CT molecular complexity index is 1410. The number of carbonyl (C=O) groups is 3. The number of nitrogens with zero attached hydrogens (tertiary/aromatic N) is 1. The summed E-state index contributed by atoms with van der Waals surface area (Å²) in [7, 11) is -1.12. The van der Waals surface area contributed by atoms with Crippen LogP contribution < -0.4 is 0 Å². The lowest BCUT2D eigenvalue weighted by molar-refractivity contribution is -0.141. The summed E-state index contributed by atoms with van der Waals surface area (Å²) in [5.74, 6) is -2.85. The van der Waals surface area contributed by atoms with Gasteiger partial charge in [-0.2, -0.15) is 0 Å². The molecule has 0 aromatic heterocycles. The molecule has 0 radical (unpaired) electrons. The number of imide groups is 1. The Morgan fingerprint density at radius 3 is 2.44 bits per heavy atom. The second kappa shape index (κ2) is 13.7. The lowest BCUT2D eigenvalue weighted by Gasteiger charge is -2.43. The summed E-state index contributed by atoms with van der Waals surface area (Å²) in [6, 6.07) is 16.9. The van der Waals surface area contributed by atoms with E-state index in [4.69, 9.17) is 9.76 Å². The number of phenolic OH excluding ortho intramolecular Hbond substituents is 1. The van der Waals surface area contributed by atoms with Crippen LogP contribution in [0.1, 0.15) is 56.1 Å². The van der Waals surface area contributed by atoms with Crippen molar-refractivity contribution in [3.05, 3.63) is 76.9 Å². The maximum atomic E-state index is 13.6. The van der Waals surface area contributed by atoms with E-state index in [1.165, 1.54) is 4.90 Å². The number of aliphatic carboxylic acids is 1. The van der Waals surface area contributed by atoms with Gasteiger partial charge in [-0.25, -0.2) is 0 Å². The first-order valence-corrected chi connectivity index (χ1v) is 15.1. The molecule has 43 heavy (non-hydrogen) atoms. The number of para-hydroxylation sites is 1. The van der Waals surface area contributed by atoms with Gasteiger partial charge < -0.3 is 25.0 Å². The summed E-state index contributed by atoms with van der Waals surface area (Å²) in [4.78, 5) is 39.1. The molecule has 226 valence electrons. The number of hydrogen-bond acceptors (Lipinski definition) is 7. The molecule has 2 heterocycles. The second-order valence-electron chi connectivity index (χ2n) is 11.6. The van der Waals surface area contributed by atoms with Gasteiger partial charge in [0.15, 0.2) is 0 Å². The molecule has 5 rings (SSSR count). The summed E-state index contributed by atoms with van der Waals surface area (Å²) in [5, 5.41) is 40.5. The molecule has 0 saturated carbocycles. The van der Waals surface area contributed by atoms with E-state index >= 15 is 0 Å². The van der Waals surface area contributed by atoms with E-state index in [2.05, 4.69) is 0 Å². The Morgan fingerprint density at radius 2 is 1.72 bits per heavy atom. The first kappa shape index (κ1) is 30.7. The highest BCUT2D eigenvalue weighted by Crippen LogP contribution is 2.50. The zero-order valence-electron chi connectivity index (χ0n) is 24.1. The second-order valence-corrected chi connectivity index (χ2v) is 11.6. The minimum absolute atomic E-state index is 0.0509. The van der Waals surface area contributed by atoms with Crippen molar-refractivity contribution in [2.75, 3.05) is 13.2 Å². The van der Waals surface area contributed by atoms with Gasteiger partial charge in [-0.15, -0.1) is 0 Å². The van der Waals surface area contributed by atoms with Crippen molar-refractivity contribution >= 4 is 36.6 Å². The van der Waals surface area contributed by atoms with Crippen LogP contribution in [0, 0.1) is 17.8 Å². The molecular weight excluding hydrogens is 549 g/mol. The SMILES string of the molecule is O=C(O)CCCCCN1C(=O)[C@@H]2[C@@H](CC(CO)=C3[C@@H](CC/C(=C/c4ccccc4O)c4ccccc4)OB(O)C[C@@H]32)C1=O. The largest absolute Gasteiger partial charge is 0.507 e. The van der Waals surface area contributed by atoms with Gasteiger partial charge in [0.05, 0.1) is 24.5 Å². The minimum atomic E-state index is -1.12. The number of aliphatic hydroxyl groups excluding tert-OH is 1. The molecule has 1 aliphatic carbocycles. The highest BCUT2D eigenvalue weighted by Gasteiger charge is 2.57. The van der Waals surface area contributed by atoms with E-state index in [1.54, 1.807) is 12.1 Å². The molecule has 2 aromatic carbocycles. The number of unbranched alkanes of at least 4 members (excludes halogenated alkanes) is 2. The average Bonchev–Trinajstić information content (AvgIpc) is 3.24. The van der Waals surface area contributed by atoms with Crippen molar-refractivity contribution in [2.24, 2.45) is 17.8 Å². The number of carboxylic acid groups (broad SMARTS) is 1. The van der Waals surface area contributed by atoms with Crippen molar-refractivity contribution in [1.29, 1.82) is 0 Å². The third-order valence-corrected chi connectivity index (χ3v) is 8.95. The molecule has 0 spiro atoms. The number of carbonyl (C=O) groups excluding carboxylic acids is 2. The molecule has 2 saturated heterocycles. The molecular formula is C33H38BNO8. The van der Waals surface area contributed by atoms with Gasteiger partial charge in [-0.1, -0.05) is 55.0 Å². The fourth-order valence-electron chi connectivity index (χ4n) is 6.95. The number of carboxylic acids is 1. The van der Waals surface area contributed by atoms with Gasteiger partial charge in [0.25, 0.3) is 0 Å². The number of benzene rings is 2. The number of aromatic hydroxyl groups is 1. The van der Waals surface area contributed by atoms with Gasteiger partial charge in [0, 0.05) is 18.5 Å². The number of aliphatic hydroxyl groups is 1. The number of allylic oxidation sites excluding steroid dienone is 1. The molecule has 2 aliphatic heterocycles. The predicted octanol–water partition coefficient (Wildman–Crippen LogP) is 4.15. The summed E-state index contributed by atoms with van der Waals surface area (Å²) < 4.78 is 6.05. The fourth-order valence-corrected chi connectivity index (χ4v) is 6.95. The summed E-state index contributed by atoms with van der Waals surface area (Å²) in [6.07, 6.45) is 4.48. The number of hydrogen-bond donors (Lipinski definition) is 4. The molecule has 2 aromatic rings. The lowest BCUT2D eigenvalue weighted by Crippen LogP contribution is -2.46. The van der Waals surface area contributed by atoms with Crippen LogP contribution >= 0.6 is 0 Å². The van der Waals surface area contributed by atoms with Crippen LogP contribution in [0.25, 0.3) is 11.6 Å². The van der Waals surface area contributed by atoms with Crippen LogP contribution in [0.15, 0.2) is 65.7 Å². The van der Waals surface area contributed by atoms with E-state index in [0.717, 1.165) is 16.7 Å². The first-order chi connectivity index (χ1) is 20.8. The highest BCUT2D eigenvalue weighted by molar-refractivity contribution is 6.43. The van der Waals surface area contributed by atoms with Gasteiger partial charge >= 0.3 is 13.1 Å². The Labute approximate surface area is 251 Å². The molecule has 3 aliphatic rings. The zero-order chi connectivity index (χ0) is 30.5. The first-order valence-electron chi connectivity index (χ1n) is 15.1. The molecule has 0 bridgehead atoms. The number of rotatable bonds is 12. The Hall–Kier alpha value is -3.73.